The molecule has 0 fully saturated rings. The Bertz CT molecular complexity index is 967. The molecular formula is C16H14BrCl3N2O3S. The van der Waals surface area contributed by atoms with Gasteiger partial charge in [-0.1, -0.05) is 50.7 Å². The Morgan fingerprint density at radius 3 is 2.31 bits per heavy atom. The SMILES string of the molecule is Cc1cc(NC(=O)CN(c2cc(Cl)c(Cl)cc2Cl)S(C)(=O)=O)ccc1Br. The van der Waals surface area contributed by atoms with Crippen molar-refractivity contribution in [3.63, 3.8) is 0 Å². The van der Waals surface area contributed by atoms with Crippen LogP contribution in [0.1, 0.15) is 5.56 Å². The summed E-state index contributed by atoms with van der Waals surface area (Å²) < 4.78 is 26.1. The molecule has 2 aromatic carbocycles. The standard InChI is InChI=1S/C16H14BrCl3N2O3S/c1-9-5-10(3-4-11(9)17)21-16(23)8-22(26(2,24)25)15-7-13(19)12(18)6-14(15)20/h3-7H,8H2,1-2H3,(H,21,23). The van der Waals surface area contributed by atoms with Crippen molar-refractivity contribution in [3.05, 3.63) is 55.4 Å². The zero-order valence-electron chi connectivity index (χ0n) is 13.7. The van der Waals surface area contributed by atoms with Crippen LogP contribution >= 0.6 is 50.7 Å². The van der Waals surface area contributed by atoms with Crippen molar-refractivity contribution in [2.45, 2.75) is 6.92 Å². The first-order valence-corrected chi connectivity index (χ1v) is 10.9. The number of sulfonamides is 1. The zero-order valence-corrected chi connectivity index (χ0v) is 18.4. The van der Waals surface area contributed by atoms with Crippen LogP contribution < -0.4 is 9.62 Å². The summed E-state index contributed by atoms with van der Waals surface area (Å²) in [5.74, 6) is -0.528. The van der Waals surface area contributed by atoms with Gasteiger partial charge in [0.1, 0.15) is 6.54 Å². The molecule has 0 saturated heterocycles. The average molecular weight is 501 g/mol. The largest absolute Gasteiger partial charge is 0.325 e. The van der Waals surface area contributed by atoms with Gasteiger partial charge in [-0.15, -0.1) is 0 Å². The van der Waals surface area contributed by atoms with Crippen LogP contribution in [0.4, 0.5) is 11.4 Å². The van der Waals surface area contributed by atoms with Gasteiger partial charge in [-0.05, 0) is 42.8 Å². The van der Waals surface area contributed by atoms with Gasteiger partial charge < -0.3 is 5.32 Å². The van der Waals surface area contributed by atoms with Gasteiger partial charge in [0.05, 0.1) is 27.0 Å². The van der Waals surface area contributed by atoms with Crippen LogP contribution in [0.15, 0.2) is 34.8 Å². The number of rotatable bonds is 5. The number of aryl methyl sites for hydroxylation is 1. The van der Waals surface area contributed by atoms with E-state index in [0.29, 0.717) is 5.69 Å². The molecule has 0 aliphatic heterocycles. The molecule has 0 aromatic heterocycles. The zero-order chi connectivity index (χ0) is 19.6. The van der Waals surface area contributed by atoms with Crippen molar-refractivity contribution >= 4 is 78.0 Å². The Morgan fingerprint density at radius 1 is 1.12 bits per heavy atom. The lowest BCUT2D eigenvalue weighted by Gasteiger charge is -2.23. The van der Waals surface area contributed by atoms with Gasteiger partial charge in [-0.3, -0.25) is 9.10 Å². The van der Waals surface area contributed by atoms with E-state index in [2.05, 4.69) is 21.2 Å². The van der Waals surface area contributed by atoms with Crippen LogP contribution in [0, 0.1) is 6.92 Å². The summed E-state index contributed by atoms with van der Waals surface area (Å²) in [4.78, 5) is 12.4. The number of anilines is 2. The van der Waals surface area contributed by atoms with E-state index in [1.165, 1.54) is 12.1 Å². The van der Waals surface area contributed by atoms with Crippen molar-refractivity contribution < 1.29 is 13.2 Å². The molecule has 0 atom stereocenters. The number of hydrogen-bond acceptors (Lipinski definition) is 3. The summed E-state index contributed by atoms with van der Waals surface area (Å²) in [5.41, 5.74) is 1.55. The van der Waals surface area contributed by atoms with Crippen molar-refractivity contribution in [2.75, 3.05) is 22.4 Å². The summed E-state index contributed by atoms with van der Waals surface area (Å²) in [6.07, 6.45) is 0.975. The molecule has 0 unspecified atom stereocenters. The van der Waals surface area contributed by atoms with Crippen molar-refractivity contribution in [2.24, 2.45) is 0 Å². The van der Waals surface area contributed by atoms with Gasteiger partial charge in [0, 0.05) is 10.2 Å². The van der Waals surface area contributed by atoms with Gasteiger partial charge >= 0.3 is 0 Å². The van der Waals surface area contributed by atoms with Crippen LogP contribution in [-0.2, 0) is 14.8 Å². The number of halogens is 4. The van der Waals surface area contributed by atoms with Crippen LogP contribution in [-0.4, -0.2) is 27.1 Å². The first-order valence-electron chi connectivity index (χ1n) is 7.17. The van der Waals surface area contributed by atoms with Crippen molar-refractivity contribution in [1.82, 2.24) is 0 Å². The molecule has 0 spiro atoms. The second-order valence-electron chi connectivity index (χ2n) is 5.50. The Morgan fingerprint density at radius 2 is 1.73 bits per heavy atom. The molecule has 0 saturated carbocycles. The Hall–Kier alpha value is -0.990. The predicted octanol–water partition coefficient (Wildman–Crippen LogP) is 5.12. The normalized spacial score (nSPS) is 11.3. The fourth-order valence-corrected chi connectivity index (χ4v) is 3.94. The van der Waals surface area contributed by atoms with E-state index in [1.807, 2.05) is 6.92 Å². The lowest BCUT2D eigenvalue weighted by atomic mass is 10.2. The molecule has 2 rings (SSSR count). The maximum atomic E-state index is 12.4. The highest BCUT2D eigenvalue weighted by molar-refractivity contribution is 9.10. The summed E-state index contributed by atoms with van der Waals surface area (Å²) in [6.45, 7) is 1.41. The van der Waals surface area contributed by atoms with Gasteiger partial charge in [-0.2, -0.15) is 0 Å². The number of nitrogens with one attached hydrogen (secondary N) is 1. The number of nitrogens with zero attached hydrogens (tertiary/aromatic N) is 1. The van der Waals surface area contributed by atoms with Gasteiger partial charge in [-0.25, -0.2) is 8.42 Å². The quantitative estimate of drug-likeness (QED) is 0.580. The number of amides is 1. The van der Waals surface area contributed by atoms with Gasteiger partial charge in [0.2, 0.25) is 15.9 Å². The van der Waals surface area contributed by atoms with Crippen LogP contribution in [0.25, 0.3) is 0 Å². The Kier molecular flexibility index (Phi) is 6.85. The fourth-order valence-electron chi connectivity index (χ4n) is 2.14. The molecule has 1 amide bonds. The maximum absolute atomic E-state index is 12.4. The van der Waals surface area contributed by atoms with Gasteiger partial charge in [0.25, 0.3) is 0 Å². The molecule has 26 heavy (non-hydrogen) atoms. The van der Waals surface area contributed by atoms with E-state index in [9.17, 15) is 13.2 Å². The van der Waals surface area contributed by atoms with Crippen molar-refractivity contribution in [1.29, 1.82) is 0 Å². The van der Waals surface area contributed by atoms with Crippen LogP contribution in [0.3, 0.4) is 0 Å². The van der Waals surface area contributed by atoms with E-state index < -0.39 is 22.5 Å². The van der Waals surface area contributed by atoms with E-state index in [1.54, 1.807) is 18.2 Å². The second-order valence-corrected chi connectivity index (χ2v) is 9.48. The summed E-state index contributed by atoms with van der Waals surface area (Å²) in [6, 6.07) is 7.89. The minimum absolute atomic E-state index is 0.0668. The number of hydrogen-bond donors (Lipinski definition) is 1. The smallest absolute Gasteiger partial charge is 0.245 e. The molecule has 2 aromatic rings. The number of carbonyl (C=O) groups excluding carboxylic acids is 1. The molecule has 10 heteroatoms. The average Bonchev–Trinajstić information content (AvgIpc) is 2.51. The first-order chi connectivity index (χ1) is 12.0. The third-order valence-electron chi connectivity index (χ3n) is 3.39. The third-order valence-corrected chi connectivity index (χ3v) is 6.43. The van der Waals surface area contributed by atoms with Gasteiger partial charge in [0.15, 0.2) is 0 Å². The molecule has 5 nitrogen and oxygen atoms in total. The highest BCUT2D eigenvalue weighted by atomic mass is 79.9. The molecule has 0 aliphatic rings. The molecule has 0 radical (unpaired) electrons. The summed E-state index contributed by atoms with van der Waals surface area (Å²) in [7, 11) is -3.79. The molecule has 140 valence electrons. The van der Waals surface area contributed by atoms with E-state index in [-0.39, 0.29) is 20.8 Å². The fraction of sp³-hybridized carbons (Fsp3) is 0.188. The Balaban J connectivity index is 2.30. The number of carbonyl (C=O) groups is 1. The highest BCUT2D eigenvalue weighted by Gasteiger charge is 2.24. The maximum Gasteiger partial charge on any atom is 0.245 e. The summed E-state index contributed by atoms with van der Waals surface area (Å²) >= 11 is 21.3. The molecule has 0 heterocycles. The lowest BCUT2D eigenvalue weighted by molar-refractivity contribution is -0.114. The van der Waals surface area contributed by atoms with E-state index >= 15 is 0 Å². The molecule has 0 bridgehead atoms. The molecule has 0 aliphatic carbocycles. The summed E-state index contributed by atoms with van der Waals surface area (Å²) in [5, 5.41) is 3.04. The minimum atomic E-state index is -3.79. The lowest BCUT2D eigenvalue weighted by Crippen LogP contribution is -2.37. The van der Waals surface area contributed by atoms with Crippen LogP contribution in [0.2, 0.25) is 15.1 Å². The number of benzene rings is 2. The van der Waals surface area contributed by atoms with E-state index in [4.69, 9.17) is 34.8 Å². The third kappa shape index (κ3) is 5.27. The first kappa shape index (κ1) is 21.3. The predicted molar refractivity (Wildman–Crippen MR) is 111 cm³/mol. The topological polar surface area (TPSA) is 66.5 Å². The highest BCUT2D eigenvalue weighted by Crippen LogP contribution is 2.35. The molecule has 1 N–H and O–H groups in total. The van der Waals surface area contributed by atoms with E-state index in [0.717, 1.165) is 20.6 Å². The van der Waals surface area contributed by atoms with Crippen molar-refractivity contribution in [3.8, 4) is 0 Å². The minimum Gasteiger partial charge on any atom is -0.325 e. The van der Waals surface area contributed by atoms with Crippen LogP contribution in [0.5, 0.6) is 0 Å². The Labute approximate surface area is 175 Å². The molecular weight excluding hydrogens is 487 g/mol. The monoisotopic (exact) mass is 498 g/mol. The second kappa shape index (κ2) is 8.35.